The van der Waals surface area contributed by atoms with Gasteiger partial charge in [0.15, 0.2) is 10.8 Å². The summed E-state index contributed by atoms with van der Waals surface area (Å²) < 4.78 is 0. The predicted octanol–water partition coefficient (Wildman–Crippen LogP) is 2.51. The molecule has 2 aromatic heterocycles. The van der Waals surface area contributed by atoms with Crippen molar-refractivity contribution in [1.29, 1.82) is 0 Å². The summed E-state index contributed by atoms with van der Waals surface area (Å²) in [6.45, 7) is 4.12. The molecule has 16 heavy (non-hydrogen) atoms. The highest BCUT2D eigenvalue weighted by Gasteiger charge is 2.11. The van der Waals surface area contributed by atoms with Crippen molar-refractivity contribution in [1.82, 2.24) is 15.0 Å². The zero-order valence-electron chi connectivity index (χ0n) is 9.61. The van der Waals surface area contributed by atoms with E-state index in [1.165, 1.54) is 5.56 Å². The van der Waals surface area contributed by atoms with E-state index in [9.17, 15) is 0 Å². The van der Waals surface area contributed by atoms with Crippen molar-refractivity contribution in [3.05, 3.63) is 22.8 Å². The van der Waals surface area contributed by atoms with Crippen LogP contribution in [0, 0.1) is 6.92 Å². The molecule has 0 amide bonds. The summed E-state index contributed by atoms with van der Waals surface area (Å²) in [4.78, 5) is 13.2. The highest BCUT2D eigenvalue weighted by molar-refractivity contribution is 7.13. The molecule has 0 bridgehead atoms. The molecule has 0 fully saturated rings. The van der Waals surface area contributed by atoms with Gasteiger partial charge in [-0.1, -0.05) is 6.92 Å². The normalized spacial score (nSPS) is 10.4. The lowest BCUT2D eigenvalue weighted by Crippen LogP contribution is -2.04. The smallest absolute Gasteiger partial charge is 0.190 e. The van der Waals surface area contributed by atoms with Crippen molar-refractivity contribution in [3.8, 4) is 10.8 Å². The molecule has 0 atom stereocenters. The molecule has 1 N–H and O–H groups in total. The summed E-state index contributed by atoms with van der Waals surface area (Å²) in [7, 11) is 1.88. The Balaban J connectivity index is 2.54. The minimum Gasteiger partial charge on any atom is -0.373 e. The fraction of sp³-hybridized carbons (Fsp3) is 0.364. The standard InChI is InChI=1S/C11H14N4S/c1-4-8-7(2)14-10(15-9(8)12-3)11-13-5-6-16-11/h5-6H,4H2,1-3H3,(H,12,14,15). The molecular formula is C11H14N4S. The minimum atomic E-state index is 0.703. The zero-order valence-corrected chi connectivity index (χ0v) is 10.4. The molecule has 2 aromatic rings. The number of hydrogen-bond acceptors (Lipinski definition) is 5. The minimum absolute atomic E-state index is 0.703. The third-order valence-electron chi connectivity index (χ3n) is 2.43. The Labute approximate surface area is 98.8 Å². The Morgan fingerprint density at radius 1 is 1.38 bits per heavy atom. The van der Waals surface area contributed by atoms with Crippen LogP contribution in [0.1, 0.15) is 18.2 Å². The quantitative estimate of drug-likeness (QED) is 0.886. The Hall–Kier alpha value is -1.49. The van der Waals surface area contributed by atoms with Gasteiger partial charge < -0.3 is 5.32 Å². The summed E-state index contributed by atoms with van der Waals surface area (Å²) in [5, 5.41) is 5.91. The van der Waals surface area contributed by atoms with E-state index in [4.69, 9.17) is 0 Å². The largest absolute Gasteiger partial charge is 0.373 e. The van der Waals surface area contributed by atoms with Crippen molar-refractivity contribution in [2.75, 3.05) is 12.4 Å². The second kappa shape index (κ2) is 4.57. The van der Waals surface area contributed by atoms with Crippen molar-refractivity contribution in [3.63, 3.8) is 0 Å². The second-order valence-corrected chi connectivity index (χ2v) is 4.30. The molecule has 2 rings (SSSR count). The van der Waals surface area contributed by atoms with Gasteiger partial charge in [0.05, 0.1) is 0 Å². The SMILES string of the molecule is CCc1c(C)nc(-c2nccs2)nc1NC. The summed E-state index contributed by atoms with van der Waals surface area (Å²) in [5.41, 5.74) is 2.19. The van der Waals surface area contributed by atoms with E-state index in [1.807, 2.05) is 19.4 Å². The molecule has 84 valence electrons. The van der Waals surface area contributed by atoms with Crippen LogP contribution in [-0.2, 0) is 6.42 Å². The van der Waals surface area contributed by atoms with Gasteiger partial charge in [-0.2, -0.15) is 0 Å². The molecule has 0 saturated heterocycles. The number of hydrogen-bond donors (Lipinski definition) is 1. The van der Waals surface area contributed by atoms with Gasteiger partial charge >= 0.3 is 0 Å². The van der Waals surface area contributed by atoms with Crippen LogP contribution in [0.2, 0.25) is 0 Å². The van der Waals surface area contributed by atoms with Gasteiger partial charge in [0, 0.05) is 29.9 Å². The zero-order chi connectivity index (χ0) is 11.5. The van der Waals surface area contributed by atoms with Crippen LogP contribution >= 0.6 is 11.3 Å². The van der Waals surface area contributed by atoms with Gasteiger partial charge in [-0.25, -0.2) is 15.0 Å². The molecule has 0 aliphatic heterocycles. The van der Waals surface area contributed by atoms with E-state index >= 15 is 0 Å². The molecule has 5 heteroatoms. The van der Waals surface area contributed by atoms with E-state index in [-0.39, 0.29) is 0 Å². The first-order valence-electron chi connectivity index (χ1n) is 5.21. The highest BCUT2D eigenvalue weighted by atomic mass is 32.1. The van der Waals surface area contributed by atoms with Crippen LogP contribution in [0.25, 0.3) is 10.8 Å². The Morgan fingerprint density at radius 2 is 2.19 bits per heavy atom. The number of nitrogens with zero attached hydrogens (tertiary/aromatic N) is 3. The third kappa shape index (κ3) is 1.90. The molecule has 0 radical (unpaired) electrons. The van der Waals surface area contributed by atoms with E-state index in [0.717, 1.165) is 22.9 Å². The molecule has 2 heterocycles. The lowest BCUT2D eigenvalue weighted by molar-refractivity contribution is 1.00. The van der Waals surface area contributed by atoms with Gasteiger partial charge in [0.2, 0.25) is 0 Å². The van der Waals surface area contributed by atoms with E-state index in [0.29, 0.717) is 5.82 Å². The summed E-state index contributed by atoms with van der Waals surface area (Å²) >= 11 is 1.55. The lowest BCUT2D eigenvalue weighted by atomic mass is 10.1. The molecule has 0 spiro atoms. The summed E-state index contributed by atoms with van der Waals surface area (Å²) in [5.74, 6) is 1.61. The van der Waals surface area contributed by atoms with Gasteiger partial charge in [-0.3, -0.25) is 0 Å². The van der Waals surface area contributed by atoms with E-state index < -0.39 is 0 Å². The topological polar surface area (TPSA) is 50.7 Å². The predicted molar refractivity (Wildman–Crippen MR) is 66.8 cm³/mol. The summed E-state index contributed by atoms with van der Waals surface area (Å²) in [6, 6.07) is 0. The first kappa shape index (κ1) is 11.0. The number of aryl methyl sites for hydroxylation is 1. The van der Waals surface area contributed by atoms with Gasteiger partial charge in [0.1, 0.15) is 5.82 Å². The van der Waals surface area contributed by atoms with Crippen LogP contribution < -0.4 is 5.32 Å². The monoisotopic (exact) mass is 234 g/mol. The third-order valence-corrected chi connectivity index (χ3v) is 3.20. The van der Waals surface area contributed by atoms with Crippen LogP contribution in [-0.4, -0.2) is 22.0 Å². The van der Waals surface area contributed by atoms with Crippen LogP contribution in [0.4, 0.5) is 5.82 Å². The number of nitrogens with one attached hydrogen (secondary N) is 1. The maximum atomic E-state index is 4.49. The Morgan fingerprint density at radius 3 is 2.75 bits per heavy atom. The first-order valence-corrected chi connectivity index (χ1v) is 6.09. The van der Waals surface area contributed by atoms with E-state index in [2.05, 4.69) is 27.2 Å². The average molecular weight is 234 g/mol. The van der Waals surface area contributed by atoms with Crippen molar-refractivity contribution < 1.29 is 0 Å². The molecule has 0 saturated carbocycles. The summed E-state index contributed by atoms with van der Waals surface area (Å²) in [6.07, 6.45) is 2.70. The van der Waals surface area contributed by atoms with Crippen LogP contribution in [0.15, 0.2) is 11.6 Å². The van der Waals surface area contributed by atoms with Gasteiger partial charge in [-0.05, 0) is 13.3 Å². The number of rotatable bonds is 3. The van der Waals surface area contributed by atoms with Crippen molar-refractivity contribution in [2.24, 2.45) is 0 Å². The molecule has 4 nitrogen and oxygen atoms in total. The van der Waals surface area contributed by atoms with Crippen LogP contribution in [0.3, 0.4) is 0 Å². The van der Waals surface area contributed by atoms with Gasteiger partial charge in [0.25, 0.3) is 0 Å². The fourth-order valence-corrected chi connectivity index (χ4v) is 2.22. The van der Waals surface area contributed by atoms with E-state index in [1.54, 1.807) is 17.5 Å². The highest BCUT2D eigenvalue weighted by Crippen LogP contribution is 2.23. The van der Waals surface area contributed by atoms with Crippen molar-refractivity contribution >= 4 is 17.2 Å². The second-order valence-electron chi connectivity index (χ2n) is 3.40. The maximum Gasteiger partial charge on any atom is 0.190 e. The lowest BCUT2D eigenvalue weighted by Gasteiger charge is -2.10. The van der Waals surface area contributed by atoms with Crippen molar-refractivity contribution in [2.45, 2.75) is 20.3 Å². The van der Waals surface area contributed by atoms with Crippen LogP contribution in [0.5, 0.6) is 0 Å². The molecule has 0 aliphatic rings. The fourth-order valence-electron chi connectivity index (χ4n) is 1.66. The number of anilines is 1. The Bertz CT molecular complexity index is 479. The number of thiazole rings is 1. The maximum absolute atomic E-state index is 4.49. The molecule has 0 aliphatic carbocycles. The Kier molecular flexibility index (Phi) is 3.14. The number of aromatic nitrogens is 3. The average Bonchev–Trinajstić information content (AvgIpc) is 2.81. The molecule has 0 unspecified atom stereocenters. The molecular weight excluding hydrogens is 220 g/mol. The molecule has 0 aromatic carbocycles. The van der Waals surface area contributed by atoms with Gasteiger partial charge in [-0.15, -0.1) is 11.3 Å². The first-order chi connectivity index (χ1) is 7.76.